The third kappa shape index (κ3) is 2.46. The van der Waals surface area contributed by atoms with Crippen molar-refractivity contribution >= 4 is 5.69 Å². The Balaban J connectivity index is 2.41. The molecule has 0 amide bonds. The zero-order valence-electron chi connectivity index (χ0n) is 11.1. The number of ether oxygens (including phenoxy) is 1. The highest BCUT2D eigenvalue weighted by Gasteiger charge is 2.20. The molecular formula is C15H21NO. The number of para-hydroxylation sites is 1. The first kappa shape index (κ1) is 12.0. The molecule has 0 aromatic heterocycles. The highest BCUT2D eigenvalue weighted by Crippen LogP contribution is 2.30. The monoisotopic (exact) mass is 231 g/mol. The molecule has 0 bridgehead atoms. The molecule has 0 radical (unpaired) electrons. The van der Waals surface area contributed by atoms with Gasteiger partial charge in [0.05, 0.1) is 5.70 Å². The van der Waals surface area contributed by atoms with Gasteiger partial charge >= 0.3 is 0 Å². The number of benzene rings is 1. The predicted octanol–water partition coefficient (Wildman–Crippen LogP) is 4.15. The summed E-state index contributed by atoms with van der Waals surface area (Å²) in [5.41, 5.74) is 3.61. The Labute approximate surface area is 104 Å². The maximum Gasteiger partial charge on any atom is 0.118 e. The molecule has 2 nitrogen and oxygen atoms in total. The van der Waals surface area contributed by atoms with Crippen molar-refractivity contribution in [1.82, 2.24) is 0 Å². The summed E-state index contributed by atoms with van der Waals surface area (Å²) in [6, 6.07) is 8.34. The first-order valence-corrected chi connectivity index (χ1v) is 6.31. The third-order valence-electron chi connectivity index (χ3n) is 3.04. The predicted molar refractivity (Wildman–Crippen MR) is 71.6 cm³/mol. The van der Waals surface area contributed by atoms with E-state index in [9.17, 15) is 0 Å². The fourth-order valence-electron chi connectivity index (χ4n) is 2.11. The van der Waals surface area contributed by atoms with E-state index in [1.807, 2.05) is 0 Å². The van der Waals surface area contributed by atoms with Crippen LogP contribution in [-0.2, 0) is 11.3 Å². The van der Waals surface area contributed by atoms with E-state index in [1.54, 1.807) is 0 Å². The van der Waals surface area contributed by atoms with Gasteiger partial charge in [-0.05, 0) is 12.0 Å². The lowest BCUT2D eigenvalue weighted by Crippen LogP contribution is -2.12. The van der Waals surface area contributed by atoms with E-state index in [2.05, 4.69) is 57.3 Å². The van der Waals surface area contributed by atoms with Crippen LogP contribution in [0.3, 0.4) is 0 Å². The van der Waals surface area contributed by atoms with Crippen LogP contribution in [0, 0.1) is 11.8 Å². The minimum atomic E-state index is 0.411. The van der Waals surface area contributed by atoms with Gasteiger partial charge in [-0.1, -0.05) is 45.9 Å². The van der Waals surface area contributed by atoms with Gasteiger partial charge in [0.1, 0.15) is 12.4 Å². The van der Waals surface area contributed by atoms with Crippen molar-refractivity contribution in [3.63, 3.8) is 0 Å². The van der Waals surface area contributed by atoms with E-state index < -0.39 is 0 Å². The molecule has 1 heterocycles. The maximum atomic E-state index is 5.98. The van der Waals surface area contributed by atoms with Crippen LogP contribution in [0.4, 0.5) is 5.69 Å². The molecule has 1 aromatic carbocycles. The van der Waals surface area contributed by atoms with Crippen molar-refractivity contribution < 1.29 is 4.74 Å². The molecule has 2 heteroatoms. The lowest BCUT2D eigenvalue weighted by atomic mass is 10.0. The normalized spacial score (nSPS) is 15.4. The molecule has 0 saturated carbocycles. The smallest absolute Gasteiger partial charge is 0.118 e. The standard InChI is InChI=1S/C15H21NO/c1-10(2)14-15(11(3)4)17-9-12-7-5-6-8-13(12)16-14/h5-8,10-11,16H,9H2,1-4H3. The van der Waals surface area contributed by atoms with Crippen LogP contribution in [-0.4, -0.2) is 0 Å². The summed E-state index contributed by atoms with van der Waals surface area (Å²) in [6.07, 6.45) is 0. The van der Waals surface area contributed by atoms with Crippen LogP contribution in [0.2, 0.25) is 0 Å². The molecule has 0 aliphatic carbocycles. The molecule has 1 N–H and O–H groups in total. The minimum Gasteiger partial charge on any atom is -0.491 e. The van der Waals surface area contributed by atoms with E-state index >= 15 is 0 Å². The molecule has 1 aliphatic heterocycles. The van der Waals surface area contributed by atoms with Crippen LogP contribution in [0.25, 0.3) is 0 Å². The van der Waals surface area contributed by atoms with Crippen molar-refractivity contribution in [1.29, 1.82) is 0 Å². The summed E-state index contributed by atoms with van der Waals surface area (Å²) in [6.45, 7) is 9.40. The Kier molecular flexibility index (Phi) is 3.41. The average molecular weight is 231 g/mol. The van der Waals surface area contributed by atoms with Gasteiger partial charge in [-0.25, -0.2) is 0 Å². The van der Waals surface area contributed by atoms with Gasteiger partial charge in [0.25, 0.3) is 0 Å². The molecule has 17 heavy (non-hydrogen) atoms. The molecule has 1 aromatic rings. The number of allylic oxidation sites excluding steroid dienone is 2. The fraction of sp³-hybridized carbons (Fsp3) is 0.467. The summed E-state index contributed by atoms with van der Waals surface area (Å²) >= 11 is 0. The quantitative estimate of drug-likeness (QED) is 0.825. The third-order valence-corrected chi connectivity index (χ3v) is 3.04. The van der Waals surface area contributed by atoms with Gasteiger partial charge in [0.15, 0.2) is 0 Å². The Hall–Kier alpha value is -1.44. The molecule has 0 atom stereocenters. The molecule has 0 saturated heterocycles. The molecule has 92 valence electrons. The Morgan fingerprint density at radius 1 is 1.06 bits per heavy atom. The van der Waals surface area contributed by atoms with Crippen molar-refractivity contribution in [2.75, 3.05) is 5.32 Å². The first-order chi connectivity index (χ1) is 8.09. The van der Waals surface area contributed by atoms with Crippen LogP contribution in [0.5, 0.6) is 0 Å². The highest BCUT2D eigenvalue weighted by molar-refractivity contribution is 5.56. The molecule has 1 aliphatic rings. The van der Waals surface area contributed by atoms with Crippen LogP contribution in [0.1, 0.15) is 33.3 Å². The van der Waals surface area contributed by atoms with E-state index in [1.165, 1.54) is 16.9 Å². The van der Waals surface area contributed by atoms with Crippen molar-refractivity contribution in [3.8, 4) is 0 Å². The molecule has 0 unspecified atom stereocenters. The van der Waals surface area contributed by atoms with E-state index in [0.717, 1.165) is 5.76 Å². The number of hydrogen-bond acceptors (Lipinski definition) is 2. The first-order valence-electron chi connectivity index (χ1n) is 6.31. The van der Waals surface area contributed by atoms with E-state index in [4.69, 9.17) is 4.74 Å². The van der Waals surface area contributed by atoms with Crippen molar-refractivity contribution in [2.45, 2.75) is 34.3 Å². The van der Waals surface area contributed by atoms with Gasteiger partial charge in [-0.2, -0.15) is 0 Å². The summed E-state index contributed by atoms with van der Waals surface area (Å²) < 4.78 is 5.98. The topological polar surface area (TPSA) is 21.3 Å². The van der Waals surface area contributed by atoms with E-state index in [-0.39, 0.29) is 0 Å². The minimum absolute atomic E-state index is 0.411. The van der Waals surface area contributed by atoms with Gasteiger partial charge in [0.2, 0.25) is 0 Å². The van der Waals surface area contributed by atoms with Crippen LogP contribution < -0.4 is 5.32 Å². The summed E-state index contributed by atoms with van der Waals surface area (Å²) in [7, 11) is 0. The van der Waals surface area contributed by atoms with Gasteiger partial charge in [0, 0.05) is 17.2 Å². The van der Waals surface area contributed by atoms with Crippen LogP contribution in [0.15, 0.2) is 35.7 Å². The average Bonchev–Trinajstić information content (AvgIpc) is 2.47. The summed E-state index contributed by atoms with van der Waals surface area (Å²) in [5, 5.41) is 3.54. The molecule has 2 rings (SSSR count). The van der Waals surface area contributed by atoms with E-state index in [0.29, 0.717) is 18.4 Å². The van der Waals surface area contributed by atoms with Crippen molar-refractivity contribution in [2.24, 2.45) is 11.8 Å². The zero-order valence-corrected chi connectivity index (χ0v) is 11.1. The van der Waals surface area contributed by atoms with Crippen molar-refractivity contribution in [3.05, 3.63) is 41.3 Å². The van der Waals surface area contributed by atoms with Gasteiger partial charge in [-0.3, -0.25) is 0 Å². The number of fused-ring (bicyclic) bond motifs is 1. The number of hydrogen-bond donors (Lipinski definition) is 1. The van der Waals surface area contributed by atoms with Gasteiger partial charge < -0.3 is 10.1 Å². The maximum absolute atomic E-state index is 5.98. The zero-order chi connectivity index (χ0) is 12.4. The SMILES string of the molecule is CC(C)C1=C(C(C)C)OCc2ccccc2N1. The lowest BCUT2D eigenvalue weighted by molar-refractivity contribution is 0.169. The second-order valence-corrected chi connectivity index (χ2v) is 5.16. The largest absolute Gasteiger partial charge is 0.491 e. The molecule has 0 fully saturated rings. The number of anilines is 1. The molecular weight excluding hydrogens is 210 g/mol. The molecule has 0 spiro atoms. The Morgan fingerprint density at radius 3 is 2.41 bits per heavy atom. The van der Waals surface area contributed by atoms with Gasteiger partial charge in [-0.15, -0.1) is 0 Å². The summed E-state index contributed by atoms with van der Waals surface area (Å²) in [4.78, 5) is 0. The highest BCUT2D eigenvalue weighted by atomic mass is 16.5. The summed E-state index contributed by atoms with van der Waals surface area (Å²) in [5.74, 6) is 1.95. The number of rotatable bonds is 2. The Morgan fingerprint density at radius 2 is 1.76 bits per heavy atom. The second-order valence-electron chi connectivity index (χ2n) is 5.16. The second kappa shape index (κ2) is 4.82. The lowest BCUT2D eigenvalue weighted by Gasteiger charge is -2.19. The number of nitrogens with one attached hydrogen (secondary N) is 1. The Bertz CT molecular complexity index is 432. The van der Waals surface area contributed by atoms with Crippen LogP contribution >= 0.6 is 0 Å². The fourth-order valence-corrected chi connectivity index (χ4v) is 2.11.